The molecule has 3 aromatic rings. The van der Waals surface area contributed by atoms with Gasteiger partial charge in [-0.3, -0.25) is 9.78 Å². The van der Waals surface area contributed by atoms with E-state index in [4.69, 9.17) is 4.74 Å². The highest BCUT2D eigenvalue weighted by molar-refractivity contribution is 5.93. The van der Waals surface area contributed by atoms with Gasteiger partial charge in [0.25, 0.3) is 5.91 Å². The van der Waals surface area contributed by atoms with E-state index < -0.39 is 0 Å². The summed E-state index contributed by atoms with van der Waals surface area (Å²) in [5.41, 5.74) is 3.71. The van der Waals surface area contributed by atoms with Crippen LogP contribution < -0.4 is 15.4 Å². The molecule has 3 rings (SSSR count). The van der Waals surface area contributed by atoms with Crippen LogP contribution in [0.15, 0.2) is 60.8 Å². The highest BCUT2D eigenvalue weighted by Crippen LogP contribution is 2.28. The third-order valence-electron chi connectivity index (χ3n) is 3.99. The van der Waals surface area contributed by atoms with Gasteiger partial charge in [0.2, 0.25) is 0 Å². The van der Waals surface area contributed by atoms with E-state index in [-0.39, 0.29) is 17.4 Å². The first-order valence-corrected chi connectivity index (χ1v) is 8.45. The molecule has 0 saturated heterocycles. The van der Waals surface area contributed by atoms with Gasteiger partial charge in [-0.15, -0.1) is 0 Å². The highest BCUT2D eigenvalue weighted by atomic mass is 19.1. The summed E-state index contributed by atoms with van der Waals surface area (Å²) in [7, 11) is 1.61. The summed E-state index contributed by atoms with van der Waals surface area (Å²) in [6.07, 6.45) is 1.57. The second-order valence-electron chi connectivity index (χ2n) is 6.07. The van der Waals surface area contributed by atoms with E-state index in [1.165, 1.54) is 12.1 Å². The Hall–Kier alpha value is -3.41. The van der Waals surface area contributed by atoms with Gasteiger partial charge in [-0.25, -0.2) is 4.39 Å². The van der Waals surface area contributed by atoms with Gasteiger partial charge in [0.05, 0.1) is 12.8 Å². The fourth-order valence-corrected chi connectivity index (χ4v) is 2.58. The maximum absolute atomic E-state index is 12.9. The van der Waals surface area contributed by atoms with Gasteiger partial charge in [0.15, 0.2) is 0 Å². The van der Waals surface area contributed by atoms with Gasteiger partial charge in [-0.1, -0.05) is 18.2 Å². The molecule has 0 unspecified atom stereocenters. The largest absolute Gasteiger partial charge is 0.495 e. The number of aromatic nitrogens is 1. The Morgan fingerprint density at radius 3 is 2.63 bits per heavy atom. The first-order chi connectivity index (χ1) is 13.0. The average Bonchev–Trinajstić information content (AvgIpc) is 2.68. The van der Waals surface area contributed by atoms with Crippen LogP contribution in [0, 0.1) is 12.7 Å². The topological polar surface area (TPSA) is 63.2 Å². The van der Waals surface area contributed by atoms with E-state index in [0.717, 1.165) is 22.5 Å². The maximum atomic E-state index is 12.9. The van der Waals surface area contributed by atoms with Crippen LogP contribution in [0.25, 0.3) is 0 Å². The number of nitrogens with zero attached hydrogens (tertiary/aromatic N) is 1. The maximum Gasteiger partial charge on any atom is 0.270 e. The van der Waals surface area contributed by atoms with E-state index in [1.807, 2.05) is 25.1 Å². The van der Waals surface area contributed by atoms with Crippen LogP contribution >= 0.6 is 0 Å². The summed E-state index contributed by atoms with van der Waals surface area (Å²) in [5.74, 6) is 0.0935. The van der Waals surface area contributed by atoms with E-state index >= 15 is 0 Å². The van der Waals surface area contributed by atoms with Gasteiger partial charge in [0, 0.05) is 18.4 Å². The van der Waals surface area contributed by atoms with Crippen molar-refractivity contribution < 1.29 is 13.9 Å². The number of pyridine rings is 1. The number of ether oxygens (including phenoxy) is 1. The molecule has 1 aromatic heterocycles. The summed E-state index contributed by atoms with van der Waals surface area (Å²) in [5, 5.41) is 6.03. The van der Waals surface area contributed by atoms with Gasteiger partial charge in [-0.2, -0.15) is 0 Å². The highest BCUT2D eigenvalue weighted by Gasteiger charge is 2.09. The molecule has 0 saturated carbocycles. The van der Waals surface area contributed by atoms with Gasteiger partial charge in [-0.05, 0) is 54.4 Å². The van der Waals surface area contributed by atoms with Crippen molar-refractivity contribution in [2.75, 3.05) is 12.4 Å². The molecule has 0 bridgehead atoms. The summed E-state index contributed by atoms with van der Waals surface area (Å²) in [6, 6.07) is 15.2. The molecule has 0 spiro atoms. The van der Waals surface area contributed by atoms with Crippen molar-refractivity contribution in [3.05, 3.63) is 83.4 Å². The molecule has 1 amide bonds. The molecule has 27 heavy (non-hydrogen) atoms. The lowest BCUT2D eigenvalue weighted by Gasteiger charge is -2.12. The van der Waals surface area contributed by atoms with Crippen LogP contribution in [0.1, 0.15) is 21.6 Å². The number of carbonyl (C=O) groups excluding carboxylic acids is 1. The molecule has 0 aliphatic carbocycles. The Morgan fingerprint density at radius 2 is 1.89 bits per heavy atom. The van der Waals surface area contributed by atoms with E-state index in [2.05, 4.69) is 15.6 Å². The minimum absolute atomic E-state index is 0.286. The molecule has 0 aliphatic rings. The minimum atomic E-state index is -0.308. The Morgan fingerprint density at radius 1 is 1.11 bits per heavy atom. The van der Waals surface area contributed by atoms with Crippen LogP contribution in [0.3, 0.4) is 0 Å². The Labute approximate surface area is 157 Å². The number of hydrogen-bond donors (Lipinski definition) is 2. The predicted octanol–water partition coefficient (Wildman–Crippen LogP) is 4.21. The number of aryl methyl sites for hydroxylation is 1. The SMILES string of the molecule is COc1ccc(C)cc1Nc1ccnc(C(=O)NCc2ccc(F)cc2)c1. The van der Waals surface area contributed by atoms with Crippen LogP contribution in [0.2, 0.25) is 0 Å². The van der Waals surface area contributed by atoms with Crippen molar-refractivity contribution in [2.24, 2.45) is 0 Å². The minimum Gasteiger partial charge on any atom is -0.495 e. The van der Waals surface area contributed by atoms with Gasteiger partial charge in [0.1, 0.15) is 17.3 Å². The second-order valence-corrected chi connectivity index (χ2v) is 6.07. The molecule has 2 aromatic carbocycles. The number of benzene rings is 2. The molecule has 2 N–H and O–H groups in total. The molecule has 0 radical (unpaired) electrons. The van der Waals surface area contributed by atoms with Gasteiger partial charge >= 0.3 is 0 Å². The number of carbonyl (C=O) groups is 1. The molecule has 5 nitrogen and oxygen atoms in total. The molecule has 1 heterocycles. The third-order valence-corrected chi connectivity index (χ3v) is 3.99. The first-order valence-electron chi connectivity index (χ1n) is 8.45. The van der Waals surface area contributed by atoms with Crippen molar-refractivity contribution in [3.63, 3.8) is 0 Å². The number of anilines is 2. The summed E-state index contributed by atoms with van der Waals surface area (Å²) in [6.45, 7) is 2.29. The van der Waals surface area contributed by atoms with Crippen molar-refractivity contribution in [1.29, 1.82) is 0 Å². The molecule has 0 aliphatic heterocycles. The number of hydrogen-bond acceptors (Lipinski definition) is 4. The van der Waals surface area contributed by atoms with E-state index in [1.54, 1.807) is 37.6 Å². The van der Waals surface area contributed by atoms with Crippen LogP contribution in [0.5, 0.6) is 5.75 Å². The molecule has 0 atom stereocenters. The average molecular weight is 365 g/mol. The lowest BCUT2D eigenvalue weighted by Crippen LogP contribution is -2.23. The first kappa shape index (κ1) is 18.4. The van der Waals surface area contributed by atoms with Gasteiger partial charge < -0.3 is 15.4 Å². The summed E-state index contributed by atoms with van der Waals surface area (Å²) < 4.78 is 18.3. The fraction of sp³-hybridized carbons (Fsp3) is 0.143. The zero-order chi connectivity index (χ0) is 19.2. The van der Waals surface area contributed by atoms with Crippen LogP contribution in [0.4, 0.5) is 15.8 Å². The van der Waals surface area contributed by atoms with E-state index in [9.17, 15) is 9.18 Å². The quantitative estimate of drug-likeness (QED) is 0.687. The third kappa shape index (κ3) is 4.82. The standard InChI is InChI=1S/C21H20FN3O2/c1-14-3-8-20(27-2)18(11-14)25-17-9-10-23-19(12-17)21(26)24-13-15-4-6-16(22)7-5-15/h3-12H,13H2,1-2H3,(H,23,25)(H,24,26). The lowest BCUT2D eigenvalue weighted by atomic mass is 10.2. The number of rotatable bonds is 6. The number of halogens is 1. The normalized spacial score (nSPS) is 10.3. The zero-order valence-electron chi connectivity index (χ0n) is 15.1. The fourth-order valence-electron chi connectivity index (χ4n) is 2.58. The van der Waals surface area contributed by atoms with Crippen molar-refractivity contribution >= 4 is 17.3 Å². The summed E-state index contributed by atoms with van der Waals surface area (Å²) in [4.78, 5) is 16.5. The molecule has 6 heteroatoms. The molecular formula is C21H20FN3O2. The van der Waals surface area contributed by atoms with E-state index in [0.29, 0.717) is 12.3 Å². The monoisotopic (exact) mass is 365 g/mol. The molecule has 138 valence electrons. The second kappa shape index (κ2) is 8.31. The number of amides is 1. The Bertz CT molecular complexity index is 942. The zero-order valence-corrected chi connectivity index (χ0v) is 15.1. The van der Waals surface area contributed by atoms with Crippen molar-refractivity contribution in [3.8, 4) is 5.75 Å². The van der Waals surface area contributed by atoms with Crippen LogP contribution in [-0.4, -0.2) is 18.0 Å². The molecule has 0 fully saturated rings. The van der Waals surface area contributed by atoms with Crippen molar-refractivity contribution in [1.82, 2.24) is 10.3 Å². The number of nitrogens with one attached hydrogen (secondary N) is 2. The number of methoxy groups -OCH3 is 1. The smallest absolute Gasteiger partial charge is 0.270 e. The summed E-state index contributed by atoms with van der Waals surface area (Å²) >= 11 is 0. The predicted molar refractivity (Wildman–Crippen MR) is 103 cm³/mol. The van der Waals surface area contributed by atoms with Crippen molar-refractivity contribution in [2.45, 2.75) is 13.5 Å². The van der Waals surface area contributed by atoms with Crippen LogP contribution in [-0.2, 0) is 6.54 Å². The Kier molecular flexibility index (Phi) is 5.66. The molecular weight excluding hydrogens is 345 g/mol. The lowest BCUT2D eigenvalue weighted by molar-refractivity contribution is 0.0946. The Balaban J connectivity index is 1.70.